The highest BCUT2D eigenvalue weighted by molar-refractivity contribution is 6.04. The molecule has 2 N–H and O–H groups in total. The molecule has 4 heteroatoms. The molecule has 0 bridgehead atoms. The minimum atomic E-state index is -0.126. The summed E-state index contributed by atoms with van der Waals surface area (Å²) in [5.74, 6) is -0.126. The zero-order chi connectivity index (χ0) is 13.7. The highest BCUT2D eigenvalue weighted by Crippen LogP contribution is 2.17. The lowest BCUT2D eigenvalue weighted by Gasteiger charge is -2.10. The fourth-order valence-electron chi connectivity index (χ4n) is 1.83. The van der Waals surface area contributed by atoms with Crippen molar-refractivity contribution in [1.82, 2.24) is 4.98 Å². The molecule has 0 aliphatic carbocycles. The topological polar surface area (TPSA) is 54.0 Å². The number of pyridine rings is 1. The van der Waals surface area contributed by atoms with Gasteiger partial charge in [-0.25, -0.2) is 0 Å². The van der Waals surface area contributed by atoms with Crippen LogP contribution in [0.3, 0.4) is 0 Å². The van der Waals surface area contributed by atoms with E-state index < -0.39 is 0 Å². The summed E-state index contributed by atoms with van der Waals surface area (Å²) in [5.41, 5.74) is 3.45. The molecule has 0 aliphatic heterocycles. The van der Waals surface area contributed by atoms with Gasteiger partial charge in [0.1, 0.15) is 0 Å². The quantitative estimate of drug-likeness (QED) is 0.882. The molecular weight excluding hydrogens is 238 g/mol. The second kappa shape index (κ2) is 6.00. The summed E-state index contributed by atoms with van der Waals surface area (Å²) in [6, 6.07) is 9.22. The molecule has 98 valence electrons. The monoisotopic (exact) mass is 255 g/mol. The van der Waals surface area contributed by atoms with Crippen LogP contribution < -0.4 is 10.6 Å². The van der Waals surface area contributed by atoms with Crippen LogP contribution in [0.4, 0.5) is 11.4 Å². The van der Waals surface area contributed by atoms with Crippen LogP contribution in [-0.4, -0.2) is 17.4 Å². The van der Waals surface area contributed by atoms with Crippen LogP contribution in [0.25, 0.3) is 0 Å². The van der Waals surface area contributed by atoms with Gasteiger partial charge in [-0.1, -0.05) is 0 Å². The van der Waals surface area contributed by atoms with Gasteiger partial charge in [0, 0.05) is 24.0 Å². The van der Waals surface area contributed by atoms with E-state index in [1.54, 1.807) is 18.5 Å². The molecule has 2 rings (SSSR count). The van der Waals surface area contributed by atoms with E-state index >= 15 is 0 Å². The second-order valence-electron chi connectivity index (χ2n) is 4.26. The Morgan fingerprint density at radius 2 is 2.16 bits per heavy atom. The SMILES string of the molecule is CCNc1ccc(C(=O)Nc2cccnc2)cc1C. The fraction of sp³-hybridized carbons (Fsp3) is 0.200. The molecule has 2 aromatic rings. The molecule has 0 saturated heterocycles. The van der Waals surface area contributed by atoms with Crippen molar-refractivity contribution in [1.29, 1.82) is 0 Å². The van der Waals surface area contributed by atoms with Gasteiger partial charge in [-0.2, -0.15) is 0 Å². The Morgan fingerprint density at radius 3 is 2.79 bits per heavy atom. The van der Waals surface area contributed by atoms with Gasteiger partial charge in [0.05, 0.1) is 11.9 Å². The van der Waals surface area contributed by atoms with E-state index in [1.165, 1.54) is 0 Å². The summed E-state index contributed by atoms with van der Waals surface area (Å²) >= 11 is 0. The number of carbonyl (C=O) groups is 1. The van der Waals surface area contributed by atoms with Crippen molar-refractivity contribution < 1.29 is 4.79 Å². The smallest absolute Gasteiger partial charge is 0.255 e. The normalized spacial score (nSPS) is 10.0. The van der Waals surface area contributed by atoms with E-state index in [2.05, 4.69) is 15.6 Å². The van der Waals surface area contributed by atoms with Crippen molar-refractivity contribution in [2.45, 2.75) is 13.8 Å². The zero-order valence-corrected chi connectivity index (χ0v) is 11.1. The third kappa shape index (κ3) is 3.31. The number of carbonyl (C=O) groups excluding carboxylic acids is 1. The lowest BCUT2D eigenvalue weighted by atomic mass is 10.1. The first-order valence-electron chi connectivity index (χ1n) is 6.26. The molecule has 1 amide bonds. The summed E-state index contributed by atoms with van der Waals surface area (Å²) in [5, 5.41) is 6.06. The maximum atomic E-state index is 12.1. The predicted molar refractivity (Wildman–Crippen MR) is 77.5 cm³/mol. The highest BCUT2D eigenvalue weighted by atomic mass is 16.1. The maximum Gasteiger partial charge on any atom is 0.255 e. The summed E-state index contributed by atoms with van der Waals surface area (Å²) in [6.45, 7) is 4.89. The van der Waals surface area contributed by atoms with Gasteiger partial charge in [0.2, 0.25) is 0 Å². The summed E-state index contributed by atoms with van der Waals surface area (Å²) in [6.07, 6.45) is 3.29. The van der Waals surface area contributed by atoms with Crippen molar-refractivity contribution in [3.8, 4) is 0 Å². The molecule has 0 radical (unpaired) electrons. The van der Waals surface area contributed by atoms with Crippen molar-refractivity contribution in [2.24, 2.45) is 0 Å². The van der Waals surface area contributed by atoms with Crippen molar-refractivity contribution in [3.63, 3.8) is 0 Å². The molecule has 1 heterocycles. The molecule has 1 aromatic heterocycles. The number of benzene rings is 1. The summed E-state index contributed by atoms with van der Waals surface area (Å²) in [7, 11) is 0. The number of hydrogen-bond donors (Lipinski definition) is 2. The first-order chi connectivity index (χ1) is 9.20. The first kappa shape index (κ1) is 13.1. The average Bonchev–Trinajstić information content (AvgIpc) is 2.42. The van der Waals surface area contributed by atoms with E-state index in [0.29, 0.717) is 11.3 Å². The third-order valence-electron chi connectivity index (χ3n) is 2.78. The lowest BCUT2D eigenvalue weighted by molar-refractivity contribution is 0.102. The number of anilines is 2. The molecule has 0 spiro atoms. The zero-order valence-electron chi connectivity index (χ0n) is 11.1. The van der Waals surface area contributed by atoms with E-state index in [9.17, 15) is 4.79 Å². The van der Waals surface area contributed by atoms with Gasteiger partial charge >= 0.3 is 0 Å². The van der Waals surface area contributed by atoms with E-state index in [4.69, 9.17) is 0 Å². The van der Waals surface area contributed by atoms with Crippen LogP contribution in [0.5, 0.6) is 0 Å². The van der Waals surface area contributed by atoms with Gasteiger partial charge < -0.3 is 10.6 Å². The van der Waals surface area contributed by atoms with Crippen LogP contribution in [0, 0.1) is 6.92 Å². The number of nitrogens with one attached hydrogen (secondary N) is 2. The average molecular weight is 255 g/mol. The number of rotatable bonds is 4. The molecular formula is C15H17N3O. The summed E-state index contributed by atoms with van der Waals surface area (Å²) in [4.78, 5) is 16.0. The third-order valence-corrected chi connectivity index (χ3v) is 2.78. The van der Waals surface area contributed by atoms with Gasteiger partial charge in [0.25, 0.3) is 5.91 Å². The van der Waals surface area contributed by atoms with Crippen LogP contribution in [0.1, 0.15) is 22.8 Å². The van der Waals surface area contributed by atoms with Gasteiger partial charge in [0.15, 0.2) is 0 Å². The Labute approximate surface area is 112 Å². The molecule has 0 atom stereocenters. The molecule has 0 unspecified atom stereocenters. The molecule has 0 saturated carbocycles. The molecule has 19 heavy (non-hydrogen) atoms. The highest BCUT2D eigenvalue weighted by Gasteiger charge is 2.07. The maximum absolute atomic E-state index is 12.1. The Kier molecular flexibility index (Phi) is 4.13. The first-order valence-corrected chi connectivity index (χ1v) is 6.26. The van der Waals surface area contributed by atoms with E-state index in [-0.39, 0.29) is 5.91 Å². The number of hydrogen-bond acceptors (Lipinski definition) is 3. The minimum Gasteiger partial charge on any atom is -0.385 e. The fourth-order valence-corrected chi connectivity index (χ4v) is 1.83. The lowest BCUT2D eigenvalue weighted by Crippen LogP contribution is -2.12. The number of amides is 1. The molecule has 4 nitrogen and oxygen atoms in total. The van der Waals surface area contributed by atoms with Crippen molar-refractivity contribution >= 4 is 17.3 Å². The van der Waals surface area contributed by atoms with Gasteiger partial charge in [-0.3, -0.25) is 9.78 Å². The van der Waals surface area contributed by atoms with Crippen molar-refractivity contribution in [2.75, 3.05) is 17.2 Å². The van der Waals surface area contributed by atoms with Gasteiger partial charge in [-0.15, -0.1) is 0 Å². The predicted octanol–water partition coefficient (Wildman–Crippen LogP) is 3.07. The molecule has 0 aliphatic rings. The van der Waals surface area contributed by atoms with E-state index in [0.717, 1.165) is 17.8 Å². The van der Waals surface area contributed by atoms with Crippen LogP contribution in [0.2, 0.25) is 0 Å². The Morgan fingerprint density at radius 1 is 1.32 bits per heavy atom. The summed E-state index contributed by atoms with van der Waals surface area (Å²) < 4.78 is 0. The standard InChI is InChI=1S/C15H17N3O/c1-3-17-14-7-6-12(9-11(14)2)15(19)18-13-5-4-8-16-10-13/h4-10,17H,3H2,1-2H3,(H,18,19). The van der Waals surface area contributed by atoms with Crippen LogP contribution in [-0.2, 0) is 0 Å². The Bertz CT molecular complexity index is 567. The molecule has 0 fully saturated rings. The molecule has 1 aromatic carbocycles. The number of aromatic nitrogens is 1. The van der Waals surface area contributed by atoms with Crippen LogP contribution in [0.15, 0.2) is 42.7 Å². The Hall–Kier alpha value is -2.36. The largest absolute Gasteiger partial charge is 0.385 e. The van der Waals surface area contributed by atoms with E-state index in [1.807, 2.05) is 38.1 Å². The second-order valence-corrected chi connectivity index (χ2v) is 4.26. The van der Waals surface area contributed by atoms with Crippen molar-refractivity contribution in [3.05, 3.63) is 53.9 Å². The minimum absolute atomic E-state index is 0.126. The number of aryl methyl sites for hydroxylation is 1. The Balaban J connectivity index is 2.14. The number of nitrogens with zero attached hydrogens (tertiary/aromatic N) is 1. The van der Waals surface area contributed by atoms with Gasteiger partial charge in [-0.05, 0) is 49.7 Å². The van der Waals surface area contributed by atoms with Crippen LogP contribution >= 0.6 is 0 Å².